The number of aromatic nitrogens is 1. The molecule has 24 heavy (non-hydrogen) atoms. The maximum Gasteiger partial charge on any atom is 0.336 e. The average Bonchev–Trinajstić information content (AvgIpc) is 2.61. The molecular weight excluding hydrogens is 298 g/mol. The average molecular weight is 313 g/mol. The van der Waals surface area contributed by atoms with Crippen molar-refractivity contribution in [3.63, 3.8) is 0 Å². The predicted octanol–water partition coefficient (Wildman–Crippen LogP) is 5.06. The van der Waals surface area contributed by atoms with Crippen LogP contribution in [0.5, 0.6) is 0 Å². The highest BCUT2D eigenvalue weighted by Crippen LogP contribution is 2.32. The molecule has 4 rings (SSSR count). The zero-order valence-electron chi connectivity index (χ0n) is 13.2. The zero-order chi connectivity index (χ0) is 16.7. The zero-order valence-corrected chi connectivity index (χ0v) is 13.2. The highest BCUT2D eigenvalue weighted by molar-refractivity contribution is 6.05. The van der Waals surface area contributed by atoms with Gasteiger partial charge in [0.05, 0.1) is 16.8 Å². The molecular formula is C21H15NO2. The molecule has 0 fully saturated rings. The van der Waals surface area contributed by atoms with E-state index in [1.807, 2.05) is 36.4 Å². The minimum absolute atomic E-state index is 0.278. The topological polar surface area (TPSA) is 50.2 Å². The largest absolute Gasteiger partial charge is 0.478 e. The second kappa shape index (κ2) is 5.46. The summed E-state index contributed by atoms with van der Waals surface area (Å²) >= 11 is 0. The van der Waals surface area contributed by atoms with Gasteiger partial charge in [-0.3, -0.25) is 0 Å². The summed E-state index contributed by atoms with van der Waals surface area (Å²) in [7, 11) is 0. The molecule has 0 aliphatic carbocycles. The van der Waals surface area contributed by atoms with Crippen LogP contribution in [0.3, 0.4) is 0 Å². The summed E-state index contributed by atoms with van der Waals surface area (Å²) < 4.78 is 0. The van der Waals surface area contributed by atoms with E-state index in [4.69, 9.17) is 4.98 Å². The summed E-state index contributed by atoms with van der Waals surface area (Å²) in [6.07, 6.45) is 0. The number of carboxylic acids is 1. The highest BCUT2D eigenvalue weighted by Gasteiger charge is 2.14. The van der Waals surface area contributed by atoms with E-state index < -0.39 is 5.97 Å². The van der Waals surface area contributed by atoms with E-state index in [0.29, 0.717) is 16.6 Å². The van der Waals surface area contributed by atoms with Crippen molar-refractivity contribution in [2.45, 2.75) is 6.92 Å². The minimum Gasteiger partial charge on any atom is -0.478 e. The van der Waals surface area contributed by atoms with Crippen LogP contribution in [0.1, 0.15) is 15.9 Å². The maximum atomic E-state index is 11.7. The molecule has 0 spiro atoms. The smallest absolute Gasteiger partial charge is 0.336 e. The molecule has 3 heteroatoms. The van der Waals surface area contributed by atoms with Crippen molar-refractivity contribution in [3.05, 3.63) is 77.9 Å². The Balaban J connectivity index is 2.08. The fourth-order valence-electron chi connectivity index (χ4n) is 3.16. The third kappa shape index (κ3) is 2.22. The Bertz CT molecular complexity index is 1100. The van der Waals surface area contributed by atoms with Gasteiger partial charge < -0.3 is 5.11 Å². The van der Waals surface area contributed by atoms with Crippen LogP contribution in [0.2, 0.25) is 0 Å². The number of hydrogen-bond acceptors (Lipinski definition) is 2. The summed E-state index contributed by atoms with van der Waals surface area (Å²) in [5.41, 5.74) is 3.79. The molecule has 0 aliphatic heterocycles. The van der Waals surface area contributed by atoms with Crippen LogP contribution >= 0.6 is 0 Å². The van der Waals surface area contributed by atoms with Crippen LogP contribution < -0.4 is 0 Å². The van der Waals surface area contributed by atoms with Crippen LogP contribution in [0, 0.1) is 6.92 Å². The van der Waals surface area contributed by atoms with E-state index in [0.717, 1.165) is 16.3 Å². The fourth-order valence-corrected chi connectivity index (χ4v) is 3.16. The van der Waals surface area contributed by atoms with Crippen LogP contribution in [0.25, 0.3) is 32.9 Å². The standard InChI is InChI=1S/C21H15NO2/c1-13-10-11-17(15-7-3-2-6-14(13)15)20-12-18(21(23)24)16-8-4-5-9-19(16)22-20/h2-12H,1H3,(H,23,24). The first kappa shape index (κ1) is 14.4. The lowest BCUT2D eigenvalue weighted by molar-refractivity contribution is 0.0699. The van der Waals surface area contributed by atoms with Gasteiger partial charge in [0.15, 0.2) is 0 Å². The van der Waals surface area contributed by atoms with Crippen LogP contribution in [0.4, 0.5) is 0 Å². The molecule has 0 saturated heterocycles. The van der Waals surface area contributed by atoms with E-state index in [-0.39, 0.29) is 5.56 Å². The molecule has 1 aromatic heterocycles. The van der Waals surface area contributed by atoms with Crippen molar-refractivity contribution in [2.24, 2.45) is 0 Å². The molecule has 4 aromatic rings. The number of carboxylic acid groups (broad SMARTS) is 1. The summed E-state index contributed by atoms with van der Waals surface area (Å²) in [4.78, 5) is 16.4. The Labute approximate surface area is 139 Å². The van der Waals surface area contributed by atoms with Gasteiger partial charge in [-0.05, 0) is 35.4 Å². The lowest BCUT2D eigenvalue weighted by Crippen LogP contribution is -2.00. The predicted molar refractivity (Wildman–Crippen MR) is 96.4 cm³/mol. The monoisotopic (exact) mass is 313 g/mol. The van der Waals surface area contributed by atoms with E-state index in [1.165, 1.54) is 5.56 Å². The van der Waals surface area contributed by atoms with Crippen LogP contribution in [-0.2, 0) is 0 Å². The van der Waals surface area contributed by atoms with Crippen molar-refractivity contribution in [2.75, 3.05) is 0 Å². The summed E-state index contributed by atoms with van der Waals surface area (Å²) in [6, 6.07) is 21.2. The van der Waals surface area contributed by atoms with Gasteiger partial charge in [-0.25, -0.2) is 9.78 Å². The lowest BCUT2D eigenvalue weighted by Gasteiger charge is -2.11. The third-order valence-electron chi connectivity index (χ3n) is 4.36. The van der Waals surface area contributed by atoms with Gasteiger partial charge in [-0.2, -0.15) is 0 Å². The molecule has 0 saturated carbocycles. The Morgan fingerprint density at radius 3 is 2.29 bits per heavy atom. The number of hydrogen-bond donors (Lipinski definition) is 1. The number of para-hydroxylation sites is 1. The van der Waals surface area contributed by atoms with Crippen molar-refractivity contribution in [1.29, 1.82) is 0 Å². The first-order valence-electron chi connectivity index (χ1n) is 7.77. The van der Waals surface area contributed by atoms with E-state index in [1.54, 1.807) is 12.1 Å². The molecule has 0 bridgehead atoms. The van der Waals surface area contributed by atoms with Crippen molar-refractivity contribution >= 4 is 27.6 Å². The molecule has 116 valence electrons. The second-order valence-electron chi connectivity index (χ2n) is 5.85. The number of pyridine rings is 1. The Morgan fingerprint density at radius 2 is 1.54 bits per heavy atom. The number of benzene rings is 3. The van der Waals surface area contributed by atoms with Crippen LogP contribution in [-0.4, -0.2) is 16.1 Å². The SMILES string of the molecule is Cc1ccc(-c2cc(C(=O)O)c3ccccc3n2)c2ccccc12. The van der Waals surface area contributed by atoms with Gasteiger partial charge in [-0.15, -0.1) is 0 Å². The van der Waals surface area contributed by atoms with Gasteiger partial charge in [0.2, 0.25) is 0 Å². The summed E-state index contributed by atoms with van der Waals surface area (Å²) in [5, 5.41) is 12.5. The highest BCUT2D eigenvalue weighted by atomic mass is 16.4. The van der Waals surface area contributed by atoms with Crippen LogP contribution in [0.15, 0.2) is 66.7 Å². The fraction of sp³-hybridized carbons (Fsp3) is 0.0476. The quantitative estimate of drug-likeness (QED) is 0.562. The Kier molecular flexibility index (Phi) is 3.28. The number of aromatic carboxylic acids is 1. The van der Waals surface area contributed by atoms with Crippen molar-refractivity contribution < 1.29 is 9.90 Å². The maximum absolute atomic E-state index is 11.7. The van der Waals surface area contributed by atoms with Gasteiger partial charge in [-0.1, -0.05) is 54.6 Å². The summed E-state index contributed by atoms with van der Waals surface area (Å²) in [6.45, 7) is 2.07. The lowest BCUT2D eigenvalue weighted by atomic mass is 9.96. The number of nitrogens with zero attached hydrogens (tertiary/aromatic N) is 1. The Morgan fingerprint density at radius 1 is 0.875 bits per heavy atom. The molecule has 0 radical (unpaired) electrons. The molecule has 0 unspecified atom stereocenters. The van der Waals surface area contributed by atoms with Gasteiger partial charge in [0, 0.05) is 10.9 Å². The van der Waals surface area contributed by atoms with E-state index >= 15 is 0 Å². The normalized spacial score (nSPS) is 11.0. The number of fused-ring (bicyclic) bond motifs is 2. The number of aryl methyl sites for hydroxylation is 1. The van der Waals surface area contributed by atoms with Gasteiger partial charge in [0.1, 0.15) is 0 Å². The van der Waals surface area contributed by atoms with E-state index in [2.05, 4.69) is 25.1 Å². The molecule has 1 heterocycles. The molecule has 3 aromatic carbocycles. The third-order valence-corrected chi connectivity index (χ3v) is 4.36. The second-order valence-corrected chi connectivity index (χ2v) is 5.85. The number of carbonyl (C=O) groups is 1. The molecule has 0 amide bonds. The first-order valence-corrected chi connectivity index (χ1v) is 7.77. The van der Waals surface area contributed by atoms with E-state index in [9.17, 15) is 9.90 Å². The minimum atomic E-state index is -0.939. The Hall–Kier alpha value is -3.20. The molecule has 3 nitrogen and oxygen atoms in total. The van der Waals surface area contributed by atoms with Gasteiger partial charge >= 0.3 is 5.97 Å². The van der Waals surface area contributed by atoms with Crippen molar-refractivity contribution in [1.82, 2.24) is 4.98 Å². The van der Waals surface area contributed by atoms with Gasteiger partial charge in [0.25, 0.3) is 0 Å². The molecule has 0 atom stereocenters. The molecule has 0 aliphatic rings. The molecule has 1 N–H and O–H groups in total. The summed E-state index contributed by atoms with van der Waals surface area (Å²) in [5.74, 6) is -0.939. The first-order chi connectivity index (χ1) is 11.6. The number of rotatable bonds is 2. The van der Waals surface area contributed by atoms with Crippen molar-refractivity contribution in [3.8, 4) is 11.3 Å².